The van der Waals surface area contributed by atoms with Crippen LogP contribution < -0.4 is 20.3 Å². The number of anilines is 1. The third kappa shape index (κ3) is 3.13. The second kappa shape index (κ2) is 7.42. The number of thiazole rings is 1. The molecule has 2 bridgehead atoms. The standard InChI is InChI=1S/C22H27N5O2S/c28-21(24-17-8-10-29-19-4-2-1-3-16(17)19)26-9-7-18-20(13-26)30-22(25-18)27-14-5-6-15(27)12-23-11-14/h1-4,14-15,17,23H,5-13H2,(H,24,28)/t14?,15?,17-/m1/s1. The average Bonchev–Trinajstić information content (AvgIpc) is 3.30. The molecule has 2 fully saturated rings. The number of carbonyl (C=O) groups is 1. The molecule has 8 heteroatoms. The Morgan fingerprint density at radius 2 is 2.03 bits per heavy atom. The lowest BCUT2D eigenvalue weighted by atomic mass is 10.0. The topological polar surface area (TPSA) is 69.7 Å². The molecule has 5 heterocycles. The van der Waals surface area contributed by atoms with E-state index in [4.69, 9.17) is 9.72 Å². The summed E-state index contributed by atoms with van der Waals surface area (Å²) in [5.41, 5.74) is 2.26. The summed E-state index contributed by atoms with van der Waals surface area (Å²) >= 11 is 1.79. The minimum atomic E-state index is 0.0114. The molecule has 0 spiro atoms. The van der Waals surface area contributed by atoms with Gasteiger partial charge in [0.15, 0.2) is 5.13 Å². The summed E-state index contributed by atoms with van der Waals surface area (Å²) in [7, 11) is 0. The first-order valence-corrected chi connectivity index (χ1v) is 11.8. The molecule has 0 radical (unpaired) electrons. The first-order chi connectivity index (χ1) is 14.8. The SMILES string of the molecule is O=C(N[C@@H]1CCOc2ccccc21)N1CCc2nc(N3C4CCC3CNC4)sc2C1. The zero-order valence-electron chi connectivity index (χ0n) is 17.0. The Hall–Kier alpha value is -2.32. The Morgan fingerprint density at radius 3 is 2.90 bits per heavy atom. The van der Waals surface area contributed by atoms with Crippen LogP contribution in [0.4, 0.5) is 9.93 Å². The van der Waals surface area contributed by atoms with Crippen LogP contribution in [-0.2, 0) is 13.0 Å². The van der Waals surface area contributed by atoms with Crippen LogP contribution in [0.5, 0.6) is 5.75 Å². The molecule has 0 aliphatic carbocycles. The van der Waals surface area contributed by atoms with Gasteiger partial charge in [-0.05, 0) is 18.9 Å². The van der Waals surface area contributed by atoms with Gasteiger partial charge in [0.25, 0.3) is 0 Å². The van der Waals surface area contributed by atoms with Crippen molar-refractivity contribution in [2.45, 2.75) is 50.4 Å². The van der Waals surface area contributed by atoms with Gasteiger partial charge in [-0.1, -0.05) is 29.5 Å². The molecule has 30 heavy (non-hydrogen) atoms. The number of para-hydroxylation sites is 1. The number of hydrogen-bond donors (Lipinski definition) is 2. The molecule has 2 amide bonds. The van der Waals surface area contributed by atoms with Gasteiger partial charge >= 0.3 is 6.03 Å². The number of amides is 2. The normalized spacial score (nSPS) is 27.3. The lowest BCUT2D eigenvalue weighted by Gasteiger charge is -2.35. The van der Waals surface area contributed by atoms with Crippen molar-refractivity contribution in [3.8, 4) is 5.75 Å². The Bertz CT molecular complexity index is 947. The Balaban J connectivity index is 1.16. The van der Waals surface area contributed by atoms with Crippen LogP contribution in [0, 0.1) is 0 Å². The number of urea groups is 1. The van der Waals surface area contributed by atoms with E-state index < -0.39 is 0 Å². The number of nitrogens with zero attached hydrogens (tertiary/aromatic N) is 3. The molecule has 2 N–H and O–H groups in total. The number of aromatic nitrogens is 1. The molecule has 4 aliphatic rings. The Morgan fingerprint density at radius 1 is 1.20 bits per heavy atom. The van der Waals surface area contributed by atoms with E-state index in [0.29, 0.717) is 25.2 Å². The highest BCUT2D eigenvalue weighted by Crippen LogP contribution is 2.38. The number of ether oxygens (including phenoxy) is 1. The molecule has 158 valence electrons. The van der Waals surface area contributed by atoms with Gasteiger partial charge < -0.3 is 25.2 Å². The number of nitrogens with one attached hydrogen (secondary N) is 2. The maximum atomic E-state index is 13.0. The molecule has 4 aliphatic heterocycles. The number of rotatable bonds is 2. The third-order valence-corrected chi connectivity index (χ3v) is 7.96. The lowest BCUT2D eigenvalue weighted by Crippen LogP contribution is -2.51. The monoisotopic (exact) mass is 425 g/mol. The maximum absolute atomic E-state index is 13.0. The van der Waals surface area contributed by atoms with Gasteiger partial charge in [0.1, 0.15) is 5.75 Å². The highest BCUT2D eigenvalue weighted by Gasteiger charge is 2.39. The summed E-state index contributed by atoms with van der Waals surface area (Å²) in [4.78, 5) is 23.8. The van der Waals surface area contributed by atoms with E-state index >= 15 is 0 Å². The zero-order chi connectivity index (χ0) is 20.1. The van der Waals surface area contributed by atoms with Crippen molar-refractivity contribution >= 4 is 22.5 Å². The van der Waals surface area contributed by atoms with Gasteiger partial charge in [0, 0.05) is 55.0 Å². The van der Waals surface area contributed by atoms with Crippen LogP contribution in [-0.4, -0.2) is 54.2 Å². The lowest BCUT2D eigenvalue weighted by molar-refractivity contribution is 0.181. The first kappa shape index (κ1) is 18.4. The quantitative estimate of drug-likeness (QED) is 0.774. The van der Waals surface area contributed by atoms with Crippen molar-refractivity contribution in [3.63, 3.8) is 0 Å². The van der Waals surface area contributed by atoms with Crippen molar-refractivity contribution in [2.75, 3.05) is 31.1 Å². The molecule has 3 atom stereocenters. The van der Waals surface area contributed by atoms with Gasteiger partial charge in [-0.2, -0.15) is 0 Å². The van der Waals surface area contributed by atoms with Crippen molar-refractivity contribution < 1.29 is 9.53 Å². The highest BCUT2D eigenvalue weighted by atomic mass is 32.1. The number of fused-ring (bicyclic) bond motifs is 4. The van der Waals surface area contributed by atoms with Gasteiger partial charge in [0.05, 0.1) is 24.9 Å². The third-order valence-electron chi connectivity index (χ3n) is 6.86. The van der Waals surface area contributed by atoms with Crippen LogP contribution in [0.15, 0.2) is 24.3 Å². The van der Waals surface area contributed by atoms with Crippen molar-refractivity contribution in [1.82, 2.24) is 20.5 Å². The molecule has 2 unspecified atom stereocenters. The molecule has 1 aromatic carbocycles. The maximum Gasteiger partial charge on any atom is 0.318 e. The van der Waals surface area contributed by atoms with E-state index in [1.54, 1.807) is 11.3 Å². The molecule has 2 saturated heterocycles. The van der Waals surface area contributed by atoms with E-state index in [2.05, 4.69) is 15.5 Å². The van der Waals surface area contributed by atoms with E-state index in [1.807, 2.05) is 29.2 Å². The largest absolute Gasteiger partial charge is 0.493 e. The summed E-state index contributed by atoms with van der Waals surface area (Å²) in [5.74, 6) is 0.882. The fraction of sp³-hybridized carbons (Fsp3) is 0.545. The molecule has 7 nitrogen and oxygen atoms in total. The van der Waals surface area contributed by atoms with E-state index in [0.717, 1.165) is 48.9 Å². The second-order valence-electron chi connectivity index (χ2n) is 8.67. The number of benzene rings is 1. The van der Waals surface area contributed by atoms with Gasteiger partial charge in [-0.15, -0.1) is 0 Å². The zero-order valence-corrected chi connectivity index (χ0v) is 17.8. The average molecular weight is 426 g/mol. The predicted molar refractivity (Wildman–Crippen MR) is 116 cm³/mol. The summed E-state index contributed by atoms with van der Waals surface area (Å²) in [5, 5.41) is 7.95. The molecule has 6 rings (SSSR count). The van der Waals surface area contributed by atoms with E-state index in [9.17, 15) is 4.79 Å². The summed E-state index contributed by atoms with van der Waals surface area (Å²) in [6.45, 7) is 4.13. The van der Waals surface area contributed by atoms with Crippen molar-refractivity contribution in [2.24, 2.45) is 0 Å². The van der Waals surface area contributed by atoms with Crippen LogP contribution in [0.1, 0.15) is 41.4 Å². The molecule has 1 aromatic heterocycles. The van der Waals surface area contributed by atoms with E-state index in [-0.39, 0.29) is 12.1 Å². The molecule has 0 saturated carbocycles. The Labute approximate surface area is 180 Å². The van der Waals surface area contributed by atoms with Crippen molar-refractivity contribution in [1.29, 1.82) is 0 Å². The highest BCUT2D eigenvalue weighted by molar-refractivity contribution is 7.15. The summed E-state index contributed by atoms with van der Waals surface area (Å²) in [6.07, 6.45) is 4.15. The Kier molecular flexibility index (Phi) is 4.57. The number of piperazine rings is 1. The second-order valence-corrected chi connectivity index (χ2v) is 9.73. The molecular weight excluding hydrogens is 398 g/mol. The van der Waals surface area contributed by atoms with Gasteiger partial charge in [-0.3, -0.25) is 0 Å². The predicted octanol–water partition coefficient (Wildman–Crippen LogP) is 2.68. The van der Waals surface area contributed by atoms with Crippen LogP contribution in [0.2, 0.25) is 0 Å². The minimum Gasteiger partial charge on any atom is -0.493 e. The van der Waals surface area contributed by atoms with Gasteiger partial charge in [0.2, 0.25) is 0 Å². The number of carbonyl (C=O) groups excluding carboxylic acids is 1. The summed E-state index contributed by atoms with van der Waals surface area (Å²) in [6, 6.07) is 9.17. The van der Waals surface area contributed by atoms with E-state index in [1.165, 1.54) is 23.4 Å². The van der Waals surface area contributed by atoms with Crippen molar-refractivity contribution in [3.05, 3.63) is 40.4 Å². The number of hydrogen-bond acceptors (Lipinski definition) is 6. The first-order valence-electron chi connectivity index (χ1n) is 11.0. The van der Waals surface area contributed by atoms with Crippen LogP contribution in [0.25, 0.3) is 0 Å². The molecule has 2 aromatic rings. The molecular formula is C22H27N5O2S. The minimum absolute atomic E-state index is 0.0114. The summed E-state index contributed by atoms with van der Waals surface area (Å²) < 4.78 is 5.73. The van der Waals surface area contributed by atoms with Crippen LogP contribution >= 0.6 is 11.3 Å². The fourth-order valence-corrected chi connectivity index (χ4v) is 6.55. The van der Waals surface area contributed by atoms with Gasteiger partial charge in [-0.25, -0.2) is 9.78 Å². The fourth-order valence-electron chi connectivity index (χ4n) is 5.29. The van der Waals surface area contributed by atoms with Crippen LogP contribution in [0.3, 0.4) is 0 Å². The smallest absolute Gasteiger partial charge is 0.318 e.